The zero-order valence-corrected chi connectivity index (χ0v) is 18.5. The van der Waals surface area contributed by atoms with Gasteiger partial charge in [-0.15, -0.1) is 0 Å². The van der Waals surface area contributed by atoms with Gasteiger partial charge in [0.15, 0.2) is 0 Å². The zero-order valence-electron chi connectivity index (χ0n) is 18.5. The van der Waals surface area contributed by atoms with Gasteiger partial charge >= 0.3 is 0 Å². The van der Waals surface area contributed by atoms with E-state index >= 15 is 0 Å². The Hall–Kier alpha value is -2.31. The van der Waals surface area contributed by atoms with E-state index < -0.39 is 0 Å². The maximum Gasteiger partial charge on any atom is 0.227 e. The molecule has 2 aromatic carbocycles. The summed E-state index contributed by atoms with van der Waals surface area (Å²) in [7, 11) is 0. The van der Waals surface area contributed by atoms with Gasteiger partial charge in [0, 0.05) is 31.8 Å². The molecule has 2 aliphatic rings. The number of ether oxygens (including phenoxy) is 1. The van der Waals surface area contributed by atoms with E-state index in [-0.39, 0.29) is 30.1 Å². The van der Waals surface area contributed by atoms with Crippen LogP contribution in [0.4, 0.5) is 8.78 Å². The SMILES string of the molecule is O=C(Cc1cccc(F)c1)N(CC1CCN(Cc2ccccc2F)CC1)C[C@@H]1CCCO1. The molecule has 0 bridgehead atoms. The molecule has 0 radical (unpaired) electrons. The van der Waals surface area contributed by atoms with Gasteiger partial charge in [0.1, 0.15) is 11.6 Å². The molecule has 2 saturated heterocycles. The van der Waals surface area contributed by atoms with Crippen LogP contribution in [-0.4, -0.2) is 54.6 Å². The minimum atomic E-state index is -0.316. The van der Waals surface area contributed by atoms with Crippen LogP contribution in [0, 0.1) is 17.6 Å². The molecule has 0 aliphatic carbocycles. The van der Waals surface area contributed by atoms with Gasteiger partial charge in [0.2, 0.25) is 5.91 Å². The summed E-state index contributed by atoms with van der Waals surface area (Å²) in [4.78, 5) is 17.3. The standard InChI is InChI=1S/C26H32F2N2O2/c27-23-7-3-5-21(15-23)16-26(31)30(19-24-8-4-14-32-24)17-20-10-12-29(13-11-20)18-22-6-1-2-9-25(22)28/h1-3,5-7,9,15,20,24H,4,8,10-14,16-19H2/t24-/m0/s1. The van der Waals surface area contributed by atoms with E-state index in [1.807, 2.05) is 17.0 Å². The van der Waals surface area contributed by atoms with E-state index in [2.05, 4.69) is 4.90 Å². The molecule has 2 fully saturated rings. The van der Waals surface area contributed by atoms with Crippen LogP contribution in [-0.2, 0) is 22.5 Å². The number of nitrogens with zero attached hydrogens (tertiary/aromatic N) is 2. The first-order valence-corrected chi connectivity index (χ1v) is 11.7. The van der Waals surface area contributed by atoms with Crippen molar-refractivity contribution in [1.29, 1.82) is 0 Å². The number of piperidine rings is 1. The van der Waals surface area contributed by atoms with Gasteiger partial charge in [0.05, 0.1) is 12.5 Å². The summed E-state index contributed by atoms with van der Waals surface area (Å²) >= 11 is 0. The average Bonchev–Trinajstić information content (AvgIpc) is 3.29. The molecule has 0 spiro atoms. The van der Waals surface area contributed by atoms with Crippen molar-refractivity contribution in [3.63, 3.8) is 0 Å². The van der Waals surface area contributed by atoms with Gasteiger partial charge in [0.25, 0.3) is 0 Å². The van der Waals surface area contributed by atoms with Crippen LogP contribution in [0.15, 0.2) is 48.5 Å². The molecule has 4 rings (SSSR count). The van der Waals surface area contributed by atoms with Crippen molar-refractivity contribution in [2.45, 2.75) is 44.8 Å². The Morgan fingerprint density at radius 1 is 1.03 bits per heavy atom. The maximum atomic E-state index is 14.0. The van der Waals surface area contributed by atoms with E-state index in [9.17, 15) is 13.6 Å². The van der Waals surface area contributed by atoms with Crippen LogP contribution in [0.25, 0.3) is 0 Å². The first-order valence-electron chi connectivity index (χ1n) is 11.7. The number of carbonyl (C=O) groups excluding carboxylic acids is 1. The second-order valence-electron chi connectivity index (χ2n) is 9.05. The predicted molar refractivity (Wildman–Crippen MR) is 120 cm³/mol. The second-order valence-corrected chi connectivity index (χ2v) is 9.05. The third kappa shape index (κ3) is 6.36. The minimum Gasteiger partial charge on any atom is -0.376 e. The highest BCUT2D eigenvalue weighted by molar-refractivity contribution is 5.78. The summed E-state index contributed by atoms with van der Waals surface area (Å²) < 4.78 is 33.3. The molecule has 6 heteroatoms. The lowest BCUT2D eigenvalue weighted by Gasteiger charge is -2.35. The Balaban J connectivity index is 1.33. The fraction of sp³-hybridized carbons (Fsp3) is 0.500. The van der Waals surface area contributed by atoms with Crippen molar-refractivity contribution in [2.24, 2.45) is 5.92 Å². The summed E-state index contributed by atoms with van der Waals surface area (Å²) in [5.41, 5.74) is 1.43. The lowest BCUT2D eigenvalue weighted by molar-refractivity contribution is -0.133. The summed E-state index contributed by atoms with van der Waals surface area (Å²) in [6.45, 7) is 4.46. The molecule has 2 aromatic rings. The summed E-state index contributed by atoms with van der Waals surface area (Å²) in [6, 6.07) is 13.2. The van der Waals surface area contributed by atoms with Crippen LogP contribution >= 0.6 is 0 Å². The van der Waals surface area contributed by atoms with Crippen LogP contribution in [0.2, 0.25) is 0 Å². The smallest absolute Gasteiger partial charge is 0.227 e. The maximum absolute atomic E-state index is 14.0. The molecule has 4 nitrogen and oxygen atoms in total. The van der Waals surface area contributed by atoms with E-state index in [1.54, 1.807) is 18.2 Å². The molecule has 0 saturated carbocycles. The fourth-order valence-electron chi connectivity index (χ4n) is 4.75. The van der Waals surface area contributed by atoms with Crippen molar-refractivity contribution in [2.75, 3.05) is 32.8 Å². The molecule has 0 unspecified atom stereocenters. The summed E-state index contributed by atoms with van der Waals surface area (Å²) in [5, 5.41) is 0. The highest BCUT2D eigenvalue weighted by Crippen LogP contribution is 2.23. The number of hydrogen-bond acceptors (Lipinski definition) is 3. The van der Waals surface area contributed by atoms with Gasteiger partial charge in [-0.3, -0.25) is 9.69 Å². The van der Waals surface area contributed by atoms with Crippen molar-refractivity contribution in [3.05, 3.63) is 71.3 Å². The van der Waals surface area contributed by atoms with Crippen molar-refractivity contribution < 1.29 is 18.3 Å². The molecule has 2 heterocycles. The molecule has 0 N–H and O–H groups in total. The topological polar surface area (TPSA) is 32.8 Å². The Morgan fingerprint density at radius 2 is 1.84 bits per heavy atom. The number of hydrogen-bond donors (Lipinski definition) is 0. The van der Waals surface area contributed by atoms with Gasteiger partial charge in [-0.2, -0.15) is 0 Å². The lowest BCUT2D eigenvalue weighted by Crippen LogP contribution is -2.44. The zero-order chi connectivity index (χ0) is 22.3. The third-order valence-corrected chi connectivity index (χ3v) is 6.58. The molecular formula is C26H32F2N2O2. The van der Waals surface area contributed by atoms with Crippen molar-refractivity contribution in [1.82, 2.24) is 9.80 Å². The number of halogens is 2. The Labute approximate surface area is 189 Å². The van der Waals surface area contributed by atoms with E-state index in [0.29, 0.717) is 31.1 Å². The van der Waals surface area contributed by atoms with Crippen molar-refractivity contribution >= 4 is 5.91 Å². The normalized spacial score (nSPS) is 19.9. The van der Waals surface area contributed by atoms with Gasteiger partial charge in [-0.1, -0.05) is 30.3 Å². The first kappa shape index (κ1) is 22.9. The highest BCUT2D eigenvalue weighted by Gasteiger charge is 2.27. The van der Waals surface area contributed by atoms with E-state index in [1.165, 1.54) is 18.2 Å². The van der Waals surface area contributed by atoms with Crippen molar-refractivity contribution in [3.8, 4) is 0 Å². The van der Waals surface area contributed by atoms with Crippen LogP contribution in [0.5, 0.6) is 0 Å². The highest BCUT2D eigenvalue weighted by atomic mass is 19.1. The minimum absolute atomic E-state index is 0.0277. The fourth-order valence-corrected chi connectivity index (χ4v) is 4.75. The molecule has 172 valence electrons. The Bertz CT molecular complexity index is 893. The first-order chi connectivity index (χ1) is 15.6. The van der Waals surface area contributed by atoms with Crippen LogP contribution in [0.1, 0.15) is 36.8 Å². The van der Waals surface area contributed by atoms with Gasteiger partial charge in [-0.05, 0) is 68.5 Å². The monoisotopic (exact) mass is 442 g/mol. The van der Waals surface area contributed by atoms with Gasteiger partial charge in [-0.25, -0.2) is 8.78 Å². The number of likely N-dealkylation sites (tertiary alicyclic amines) is 1. The number of rotatable bonds is 8. The number of amides is 1. The predicted octanol–water partition coefficient (Wildman–Crippen LogP) is 4.43. The third-order valence-electron chi connectivity index (χ3n) is 6.58. The largest absolute Gasteiger partial charge is 0.376 e. The molecule has 32 heavy (non-hydrogen) atoms. The summed E-state index contributed by atoms with van der Waals surface area (Å²) in [5.74, 6) is -0.0341. The van der Waals surface area contributed by atoms with Crippen LogP contribution in [0.3, 0.4) is 0 Å². The lowest BCUT2D eigenvalue weighted by atomic mass is 9.95. The van der Waals surface area contributed by atoms with Gasteiger partial charge < -0.3 is 9.64 Å². The van der Waals surface area contributed by atoms with Crippen LogP contribution < -0.4 is 0 Å². The van der Waals surface area contributed by atoms with E-state index in [0.717, 1.165) is 50.9 Å². The second kappa shape index (κ2) is 11.0. The average molecular weight is 443 g/mol. The molecular weight excluding hydrogens is 410 g/mol. The quantitative estimate of drug-likeness (QED) is 0.607. The number of benzene rings is 2. The molecule has 0 aromatic heterocycles. The summed E-state index contributed by atoms with van der Waals surface area (Å²) in [6.07, 6.45) is 4.26. The number of carbonyl (C=O) groups is 1. The Morgan fingerprint density at radius 3 is 2.56 bits per heavy atom. The molecule has 1 atom stereocenters. The molecule has 2 aliphatic heterocycles. The Kier molecular flexibility index (Phi) is 7.87. The molecule has 1 amide bonds. The van der Waals surface area contributed by atoms with E-state index in [4.69, 9.17) is 4.74 Å².